The van der Waals surface area contributed by atoms with Gasteiger partial charge in [0.25, 0.3) is 0 Å². The molecule has 118 valence electrons. The first-order valence-corrected chi connectivity index (χ1v) is 8.03. The van der Waals surface area contributed by atoms with Gasteiger partial charge in [0.2, 0.25) is 5.91 Å². The van der Waals surface area contributed by atoms with Gasteiger partial charge in [-0.05, 0) is 48.0 Å². The summed E-state index contributed by atoms with van der Waals surface area (Å²) in [6.07, 6.45) is 0. The minimum absolute atomic E-state index is 0.0667. The third-order valence-electron chi connectivity index (χ3n) is 3.84. The normalized spacial score (nSPS) is 13.5. The lowest BCUT2D eigenvalue weighted by atomic mass is 10.0. The Bertz CT molecular complexity index is 740. The molecule has 1 aliphatic heterocycles. The monoisotopic (exact) mass is 325 g/mol. The molecule has 3 rings (SSSR count). The second-order valence-electron chi connectivity index (χ2n) is 5.86. The summed E-state index contributed by atoms with van der Waals surface area (Å²) in [5.41, 5.74) is 3.89. The number of carbonyl (C=O) groups is 1. The first kappa shape index (κ1) is 15.5. The number of carbonyl (C=O) groups excluding carboxylic acids is 1. The van der Waals surface area contributed by atoms with Crippen LogP contribution in [0.2, 0.25) is 0 Å². The van der Waals surface area contributed by atoms with Crippen molar-refractivity contribution in [3.8, 4) is 0 Å². The van der Waals surface area contributed by atoms with Gasteiger partial charge in [-0.1, -0.05) is 38.1 Å². The Morgan fingerprint density at radius 3 is 2.57 bits per heavy atom. The Kier molecular flexibility index (Phi) is 4.30. The van der Waals surface area contributed by atoms with E-state index in [-0.39, 0.29) is 12.5 Å². The van der Waals surface area contributed by atoms with Crippen molar-refractivity contribution < 1.29 is 4.79 Å². The van der Waals surface area contributed by atoms with Crippen molar-refractivity contribution in [2.75, 3.05) is 22.1 Å². The van der Waals surface area contributed by atoms with E-state index < -0.39 is 0 Å². The number of amides is 1. The van der Waals surface area contributed by atoms with Gasteiger partial charge in [-0.15, -0.1) is 0 Å². The Morgan fingerprint density at radius 2 is 1.87 bits per heavy atom. The summed E-state index contributed by atoms with van der Waals surface area (Å²) in [7, 11) is 0. The highest BCUT2D eigenvalue weighted by molar-refractivity contribution is 7.80. The lowest BCUT2D eigenvalue weighted by molar-refractivity contribution is -0.115. The maximum Gasteiger partial charge on any atom is 0.244 e. The molecule has 0 atom stereocenters. The van der Waals surface area contributed by atoms with Gasteiger partial charge < -0.3 is 15.5 Å². The molecule has 4 nitrogen and oxygen atoms in total. The zero-order valence-corrected chi connectivity index (χ0v) is 14.0. The molecule has 0 spiro atoms. The van der Waals surface area contributed by atoms with E-state index in [4.69, 9.17) is 12.2 Å². The maximum absolute atomic E-state index is 11.9. The lowest BCUT2D eigenvalue weighted by Crippen LogP contribution is -2.44. The number of para-hydroxylation sites is 2. The molecular formula is C18H19N3OS. The fourth-order valence-electron chi connectivity index (χ4n) is 2.56. The van der Waals surface area contributed by atoms with Gasteiger partial charge in [-0.2, -0.15) is 0 Å². The van der Waals surface area contributed by atoms with Crippen molar-refractivity contribution in [2.24, 2.45) is 0 Å². The maximum atomic E-state index is 11.9. The average Bonchev–Trinajstić information content (AvgIpc) is 2.54. The van der Waals surface area contributed by atoms with E-state index >= 15 is 0 Å². The third-order valence-corrected chi connectivity index (χ3v) is 4.17. The summed E-state index contributed by atoms with van der Waals surface area (Å²) in [6, 6.07) is 15.9. The van der Waals surface area contributed by atoms with Crippen molar-refractivity contribution in [3.05, 3.63) is 54.1 Å². The molecule has 0 fully saturated rings. The van der Waals surface area contributed by atoms with Crippen molar-refractivity contribution >= 4 is 40.3 Å². The SMILES string of the molecule is CC(C)c1ccc(NC(=S)N2CC(=O)Nc3ccccc32)cc1. The first-order chi connectivity index (χ1) is 11.0. The van der Waals surface area contributed by atoms with Gasteiger partial charge in [0.1, 0.15) is 6.54 Å². The zero-order valence-electron chi connectivity index (χ0n) is 13.2. The van der Waals surface area contributed by atoms with Gasteiger partial charge in [-0.25, -0.2) is 0 Å². The topological polar surface area (TPSA) is 44.4 Å². The van der Waals surface area contributed by atoms with Crippen LogP contribution in [0.15, 0.2) is 48.5 Å². The molecule has 2 aromatic carbocycles. The summed E-state index contributed by atoms with van der Waals surface area (Å²) < 4.78 is 0. The molecule has 0 unspecified atom stereocenters. The molecule has 2 aromatic rings. The number of thiocarbonyl (C=S) groups is 1. The molecule has 5 heteroatoms. The molecule has 0 bridgehead atoms. The van der Waals surface area contributed by atoms with Crippen molar-refractivity contribution in [3.63, 3.8) is 0 Å². The van der Waals surface area contributed by atoms with E-state index in [0.29, 0.717) is 11.0 Å². The fraction of sp³-hybridized carbons (Fsp3) is 0.222. The van der Waals surface area contributed by atoms with Crippen LogP contribution in [0.5, 0.6) is 0 Å². The van der Waals surface area contributed by atoms with Gasteiger partial charge in [0.15, 0.2) is 5.11 Å². The molecule has 1 aliphatic rings. The van der Waals surface area contributed by atoms with E-state index in [1.807, 2.05) is 41.3 Å². The van der Waals surface area contributed by atoms with Crippen molar-refractivity contribution in [1.29, 1.82) is 0 Å². The Labute approximate surface area is 141 Å². The van der Waals surface area contributed by atoms with Gasteiger partial charge in [0, 0.05) is 5.69 Å². The van der Waals surface area contributed by atoms with E-state index in [1.54, 1.807) is 0 Å². The Balaban J connectivity index is 1.79. The van der Waals surface area contributed by atoms with Crippen LogP contribution in [0.4, 0.5) is 17.1 Å². The Hall–Kier alpha value is -2.40. The molecule has 0 saturated heterocycles. The van der Waals surface area contributed by atoms with Crippen LogP contribution in [0.25, 0.3) is 0 Å². The number of hydrogen-bond donors (Lipinski definition) is 2. The molecule has 23 heavy (non-hydrogen) atoms. The highest BCUT2D eigenvalue weighted by atomic mass is 32.1. The zero-order chi connectivity index (χ0) is 16.4. The highest BCUT2D eigenvalue weighted by Gasteiger charge is 2.24. The molecular weight excluding hydrogens is 306 g/mol. The number of fused-ring (bicyclic) bond motifs is 1. The third kappa shape index (κ3) is 3.35. The van der Waals surface area contributed by atoms with Gasteiger partial charge >= 0.3 is 0 Å². The van der Waals surface area contributed by atoms with Crippen LogP contribution in [-0.2, 0) is 4.79 Å². The van der Waals surface area contributed by atoms with Crippen LogP contribution in [-0.4, -0.2) is 17.6 Å². The number of nitrogens with zero attached hydrogens (tertiary/aromatic N) is 1. The van der Waals surface area contributed by atoms with Crippen LogP contribution in [0.3, 0.4) is 0 Å². The van der Waals surface area contributed by atoms with Gasteiger partial charge in [-0.3, -0.25) is 4.79 Å². The van der Waals surface area contributed by atoms with Crippen LogP contribution >= 0.6 is 12.2 Å². The number of hydrogen-bond acceptors (Lipinski definition) is 2. The number of benzene rings is 2. The van der Waals surface area contributed by atoms with Crippen molar-refractivity contribution in [1.82, 2.24) is 0 Å². The fourth-order valence-corrected chi connectivity index (χ4v) is 2.84. The minimum Gasteiger partial charge on any atom is -0.332 e. The number of nitrogens with one attached hydrogen (secondary N) is 2. The lowest BCUT2D eigenvalue weighted by Gasteiger charge is -2.31. The molecule has 2 N–H and O–H groups in total. The highest BCUT2D eigenvalue weighted by Crippen LogP contribution is 2.29. The number of anilines is 3. The summed E-state index contributed by atoms with van der Waals surface area (Å²) in [5.74, 6) is 0.427. The second-order valence-corrected chi connectivity index (χ2v) is 6.25. The van der Waals surface area contributed by atoms with Crippen LogP contribution in [0, 0.1) is 0 Å². The molecule has 0 aromatic heterocycles. The molecule has 0 radical (unpaired) electrons. The van der Waals surface area contributed by atoms with Crippen molar-refractivity contribution in [2.45, 2.75) is 19.8 Å². The first-order valence-electron chi connectivity index (χ1n) is 7.62. The summed E-state index contributed by atoms with van der Waals surface area (Å²) in [6.45, 7) is 4.54. The molecule has 1 heterocycles. The quantitative estimate of drug-likeness (QED) is 0.820. The summed E-state index contributed by atoms with van der Waals surface area (Å²) in [4.78, 5) is 13.7. The summed E-state index contributed by atoms with van der Waals surface area (Å²) in [5, 5.41) is 6.60. The van der Waals surface area contributed by atoms with E-state index in [9.17, 15) is 4.79 Å². The second kappa shape index (κ2) is 6.38. The number of rotatable bonds is 2. The Morgan fingerprint density at radius 1 is 1.17 bits per heavy atom. The smallest absolute Gasteiger partial charge is 0.244 e. The molecule has 1 amide bonds. The summed E-state index contributed by atoms with van der Waals surface area (Å²) >= 11 is 5.50. The van der Waals surface area contributed by atoms with E-state index in [0.717, 1.165) is 17.1 Å². The molecule has 0 aliphatic carbocycles. The van der Waals surface area contributed by atoms with Crippen LogP contribution < -0.4 is 15.5 Å². The van der Waals surface area contributed by atoms with Crippen LogP contribution in [0.1, 0.15) is 25.3 Å². The predicted octanol–water partition coefficient (Wildman–Crippen LogP) is 3.97. The standard InChI is InChI=1S/C18H19N3OS/c1-12(2)13-7-9-14(10-8-13)19-18(23)21-11-17(22)20-15-5-3-4-6-16(15)21/h3-10,12H,11H2,1-2H3,(H,19,23)(H,20,22). The van der Waals surface area contributed by atoms with E-state index in [1.165, 1.54) is 5.56 Å². The minimum atomic E-state index is -0.0667. The molecule has 0 saturated carbocycles. The van der Waals surface area contributed by atoms with Gasteiger partial charge in [0.05, 0.1) is 11.4 Å². The predicted molar refractivity (Wildman–Crippen MR) is 99.2 cm³/mol. The average molecular weight is 325 g/mol. The van der Waals surface area contributed by atoms with E-state index in [2.05, 4.69) is 36.6 Å². The largest absolute Gasteiger partial charge is 0.332 e.